The molecule has 0 radical (unpaired) electrons. The maximum Gasteiger partial charge on any atom is 0.326 e. The van der Waals surface area contributed by atoms with E-state index in [0.717, 1.165) is 10.6 Å². The zero-order valence-electron chi connectivity index (χ0n) is 7.48. The second-order valence-electron chi connectivity index (χ2n) is 2.86. The van der Waals surface area contributed by atoms with Crippen molar-refractivity contribution in [3.05, 3.63) is 38.7 Å². The molecule has 0 unspecified atom stereocenters. The first-order valence-electron chi connectivity index (χ1n) is 4.03. The van der Waals surface area contributed by atoms with E-state index in [-0.39, 0.29) is 5.69 Å². The first-order chi connectivity index (χ1) is 6.68. The van der Waals surface area contributed by atoms with Crippen molar-refractivity contribution in [2.24, 2.45) is 7.05 Å². The summed E-state index contributed by atoms with van der Waals surface area (Å²) in [7, 11) is 1.72. The fraction of sp³-hybridized carbons (Fsp3) is 0.111. The van der Waals surface area contributed by atoms with Gasteiger partial charge in [-0.15, -0.1) is 11.3 Å². The van der Waals surface area contributed by atoms with Crippen molar-refractivity contribution < 1.29 is 0 Å². The highest BCUT2D eigenvalue weighted by atomic mass is 32.1. The average molecular weight is 224 g/mol. The molecule has 0 aliphatic carbocycles. The second kappa shape index (κ2) is 3.51. The summed E-state index contributed by atoms with van der Waals surface area (Å²) in [6.45, 7) is 0. The lowest BCUT2D eigenvalue weighted by Crippen LogP contribution is -2.20. The molecule has 0 aliphatic heterocycles. The Labute approximate surface area is 89.7 Å². The Morgan fingerprint density at radius 2 is 2.36 bits per heavy atom. The summed E-state index contributed by atoms with van der Waals surface area (Å²) < 4.78 is 2.03. The highest BCUT2D eigenvalue weighted by Crippen LogP contribution is 2.22. The highest BCUT2D eigenvalue weighted by Gasteiger charge is 2.03. The SMILES string of the molecule is Cn1c(-c2cccs2)cc(=S)[nH]c1=O. The van der Waals surface area contributed by atoms with Crippen molar-refractivity contribution >= 4 is 23.6 Å². The van der Waals surface area contributed by atoms with Crippen molar-refractivity contribution in [3.63, 3.8) is 0 Å². The van der Waals surface area contributed by atoms with Gasteiger partial charge in [0.2, 0.25) is 0 Å². The lowest BCUT2D eigenvalue weighted by molar-refractivity contribution is 0.817. The molecule has 1 N–H and O–H groups in total. The molecule has 2 aromatic heterocycles. The van der Waals surface area contributed by atoms with E-state index in [2.05, 4.69) is 4.98 Å². The van der Waals surface area contributed by atoms with Crippen LogP contribution in [0, 0.1) is 4.64 Å². The molecule has 0 aromatic carbocycles. The molecule has 2 heterocycles. The van der Waals surface area contributed by atoms with Crippen LogP contribution in [-0.4, -0.2) is 9.55 Å². The van der Waals surface area contributed by atoms with Crippen LogP contribution in [0.25, 0.3) is 10.6 Å². The molecule has 0 saturated heterocycles. The Balaban J connectivity index is 2.77. The molecular weight excluding hydrogens is 216 g/mol. The monoisotopic (exact) mass is 224 g/mol. The van der Waals surface area contributed by atoms with Gasteiger partial charge in [0.1, 0.15) is 4.64 Å². The van der Waals surface area contributed by atoms with Gasteiger partial charge in [-0.3, -0.25) is 9.55 Å². The second-order valence-corrected chi connectivity index (χ2v) is 4.25. The predicted molar refractivity (Wildman–Crippen MR) is 60.2 cm³/mol. The Morgan fingerprint density at radius 1 is 1.57 bits per heavy atom. The Kier molecular flexibility index (Phi) is 2.35. The van der Waals surface area contributed by atoms with Gasteiger partial charge in [0.25, 0.3) is 0 Å². The van der Waals surface area contributed by atoms with E-state index >= 15 is 0 Å². The van der Waals surface area contributed by atoms with Gasteiger partial charge in [-0.1, -0.05) is 18.3 Å². The number of H-pyrrole nitrogens is 1. The van der Waals surface area contributed by atoms with Crippen molar-refractivity contribution in [3.8, 4) is 10.6 Å². The van der Waals surface area contributed by atoms with E-state index in [0.29, 0.717) is 4.64 Å². The Bertz CT molecular complexity index is 551. The third-order valence-corrected chi connectivity index (χ3v) is 3.05. The molecule has 14 heavy (non-hydrogen) atoms. The fourth-order valence-corrected chi connectivity index (χ4v) is 2.19. The predicted octanol–water partition coefficient (Wildman–Crippen LogP) is 2.17. The number of rotatable bonds is 1. The van der Waals surface area contributed by atoms with Gasteiger partial charge in [-0.25, -0.2) is 4.79 Å². The molecule has 72 valence electrons. The van der Waals surface area contributed by atoms with E-state index in [1.54, 1.807) is 29.0 Å². The summed E-state index contributed by atoms with van der Waals surface area (Å²) in [5.74, 6) is 0. The van der Waals surface area contributed by atoms with Gasteiger partial charge < -0.3 is 0 Å². The molecule has 0 fully saturated rings. The molecule has 0 atom stereocenters. The Morgan fingerprint density at radius 3 is 3.00 bits per heavy atom. The molecule has 0 amide bonds. The number of nitrogens with zero attached hydrogens (tertiary/aromatic N) is 1. The van der Waals surface area contributed by atoms with Gasteiger partial charge >= 0.3 is 5.69 Å². The number of aromatic amines is 1. The molecule has 0 aliphatic rings. The van der Waals surface area contributed by atoms with Crippen molar-refractivity contribution in [2.75, 3.05) is 0 Å². The molecule has 2 aromatic rings. The summed E-state index contributed by atoms with van der Waals surface area (Å²) in [5.41, 5.74) is 0.676. The molecule has 0 spiro atoms. The quantitative estimate of drug-likeness (QED) is 0.754. The van der Waals surface area contributed by atoms with Crippen LogP contribution in [0.4, 0.5) is 0 Å². The van der Waals surface area contributed by atoms with E-state index in [4.69, 9.17) is 12.2 Å². The van der Waals surface area contributed by atoms with Crippen LogP contribution in [0.2, 0.25) is 0 Å². The summed E-state index contributed by atoms with van der Waals surface area (Å²) in [4.78, 5) is 15.0. The normalized spacial score (nSPS) is 10.4. The first-order valence-corrected chi connectivity index (χ1v) is 5.31. The van der Waals surface area contributed by atoms with Gasteiger partial charge in [0.05, 0.1) is 10.6 Å². The minimum atomic E-state index is -0.180. The molecular formula is C9H8N2OS2. The third kappa shape index (κ3) is 1.56. The number of nitrogens with one attached hydrogen (secondary N) is 1. The van der Waals surface area contributed by atoms with E-state index in [1.807, 2.05) is 17.5 Å². The number of aromatic nitrogens is 2. The van der Waals surface area contributed by atoms with Gasteiger partial charge in [-0.2, -0.15) is 0 Å². The first kappa shape index (κ1) is 9.36. The standard InChI is InChI=1S/C9H8N2OS2/c1-11-6(7-3-2-4-14-7)5-8(13)10-9(11)12/h2-5H,1H3,(H,10,12,13). The van der Waals surface area contributed by atoms with Crippen LogP contribution in [-0.2, 0) is 7.05 Å². The largest absolute Gasteiger partial charge is 0.326 e. The number of hydrogen-bond donors (Lipinski definition) is 1. The zero-order chi connectivity index (χ0) is 10.1. The van der Waals surface area contributed by atoms with E-state index in [9.17, 15) is 4.79 Å². The van der Waals surface area contributed by atoms with Gasteiger partial charge in [0, 0.05) is 7.05 Å². The lowest BCUT2D eigenvalue weighted by atomic mass is 10.3. The summed E-state index contributed by atoms with van der Waals surface area (Å²) in [6, 6.07) is 5.71. The highest BCUT2D eigenvalue weighted by molar-refractivity contribution is 7.71. The van der Waals surface area contributed by atoms with Crippen molar-refractivity contribution in [1.29, 1.82) is 0 Å². The van der Waals surface area contributed by atoms with Crippen LogP contribution in [0.15, 0.2) is 28.4 Å². The smallest absolute Gasteiger partial charge is 0.298 e. The van der Waals surface area contributed by atoms with Crippen LogP contribution < -0.4 is 5.69 Å². The topological polar surface area (TPSA) is 37.8 Å². The maximum atomic E-state index is 11.4. The molecule has 5 heteroatoms. The average Bonchev–Trinajstić information content (AvgIpc) is 2.63. The summed E-state index contributed by atoms with van der Waals surface area (Å²) >= 11 is 6.54. The van der Waals surface area contributed by atoms with Crippen LogP contribution in [0.1, 0.15) is 0 Å². The summed E-state index contributed by atoms with van der Waals surface area (Å²) in [5, 5.41) is 1.97. The van der Waals surface area contributed by atoms with Crippen molar-refractivity contribution in [2.45, 2.75) is 0 Å². The van der Waals surface area contributed by atoms with Gasteiger partial charge in [0.15, 0.2) is 0 Å². The van der Waals surface area contributed by atoms with Crippen molar-refractivity contribution in [1.82, 2.24) is 9.55 Å². The number of thiophene rings is 1. The number of hydrogen-bond acceptors (Lipinski definition) is 3. The van der Waals surface area contributed by atoms with Crippen LogP contribution in [0.3, 0.4) is 0 Å². The maximum absolute atomic E-state index is 11.4. The minimum absolute atomic E-state index is 0.180. The zero-order valence-corrected chi connectivity index (χ0v) is 9.11. The van der Waals surface area contributed by atoms with Crippen LogP contribution >= 0.6 is 23.6 Å². The fourth-order valence-electron chi connectivity index (χ4n) is 1.22. The third-order valence-electron chi connectivity index (χ3n) is 1.94. The molecule has 0 bridgehead atoms. The molecule has 0 saturated carbocycles. The van der Waals surface area contributed by atoms with E-state index in [1.165, 1.54) is 0 Å². The van der Waals surface area contributed by atoms with Crippen LogP contribution in [0.5, 0.6) is 0 Å². The summed E-state index contributed by atoms with van der Waals surface area (Å²) in [6.07, 6.45) is 0. The minimum Gasteiger partial charge on any atom is -0.298 e. The molecule has 3 nitrogen and oxygen atoms in total. The van der Waals surface area contributed by atoms with E-state index < -0.39 is 0 Å². The lowest BCUT2D eigenvalue weighted by Gasteiger charge is -2.04. The molecule has 2 rings (SSSR count). The Hall–Kier alpha value is -1.20. The van der Waals surface area contributed by atoms with Gasteiger partial charge in [-0.05, 0) is 17.5 Å².